The van der Waals surface area contributed by atoms with Crippen LogP contribution in [0.5, 0.6) is 5.75 Å². The molecular weight excluding hydrogens is 428 g/mol. The van der Waals surface area contributed by atoms with E-state index in [4.69, 9.17) is 0 Å². The third-order valence-electron chi connectivity index (χ3n) is 6.85. The summed E-state index contributed by atoms with van der Waals surface area (Å²) in [6, 6.07) is 19.0. The predicted molar refractivity (Wildman–Crippen MR) is 129 cm³/mol. The molecule has 2 aliphatic rings. The molecule has 1 saturated carbocycles. The molecule has 5 rings (SSSR count). The van der Waals surface area contributed by atoms with Gasteiger partial charge in [0, 0.05) is 11.5 Å². The summed E-state index contributed by atoms with van der Waals surface area (Å²) in [5.74, 6) is -1.43. The lowest BCUT2D eigenvalue weighted by atomic mass is 9.82. The number of benzene rings is 3. The second-order valence-corrected chi connectivity index (χ2v) is 8.93. The molecule has 3 aromatic carbocycles. The lowest BCUT2D eigenvalue weighted by Crippen LogP contribution is -2.41. The number of rotatable bonds is 4. The number of carbonyl (C=O) groups is 3. The van der Waals surface area contributed by atoms with E-state index >= 15 is 0 Å². The van der Waals surface area contributed by atoms with E-state index in [9.17, 15) is 19.5 Å². The number of imide groups is 1. The number of nitrogens with one attached hydrogen (secondary N) is 2. The van der Waals surface area contributed by atoms with Gasteiger partial charge in [-0.05, 0) is 41.2 Å². The number of urea groups is 1. The van der Waals surface area contributed by atoms with Gasteiger partial charge in [0.05, 0.1) is 11.6 Å². The van der Waals surface area contributed by atoms with Crippen LogP contribution in [-0.2, 0) is 0 Å². The maximum Gasteiger partial charge on any atom is 0.322 e. The van der Waals surface area contributed by atoms with Crippen molar-refractivity contribution >= 4 is 17.7 Å². The highest BCUT2D eigenvalue weighted by Gasteiger charge is 2.31. The van der Waals surface area contributed by atoms with Crippen molar-refractivity contribution in [2.45, 2.75) is 38.1 Å². The van der Waals surface area contributed by atoms with Crippen molar-refractivity contribution in [2.75, 3.05) is 0 Å². The summed E-state index contributed by atoms with van der Waals surface area (Å²) >= 11 is 0. The van der Waals surface area contributed by atoms with E-state index < -0.39 is 18.0 Å². The average molecular weight is 455 g/mol. The molecule has 3 amide bonds. The maximum absolute atomic E-state index is 13.1. The van der Waals surface area contributed by atoms with E-state index in [1.807, 2.05) is 48.5 Å². The Kier molecular flexibility index (Phi) is 5.88. The summed E-state index contributed by atoms with van der Waals surface area (Å²) in [6.45, 7) is 0. The summed E-state index contributed by atoms with van der Waals surface area (Å²) in [6.07, 6.45) is 4.60. The number of ketones is 1. The minimum Gasteiger partial charge on any atom is -0.507 e. The molecule has 3 aromatic rings. The summed E-state index contributed by atoms with van der Waals surface area (Å²) in [5.41, 5.74) is 3.98. The van der Waals surface area contributed by atoms with Crippen molar-refractivity contribution in [3.05, 3.63) is 89.0 Å². The van der Waals surface area contributed by atoms with Gasteiger partial charge in [-0.25, -0.2) is 4.79 Å². The molecule has 6 heteroatoms. The summed E-state index contributed by atoms with van der Waals surface area (Å²) in [7, 11) is 0. The molecule has 1 fully saturated rings. The van der Waals surface area contributed by atoms with E-state index in [0.717, 1.165) is 54.4 Å². The number of phenolic OH excluding ortho intramolecular Hbond substituents is 1. The summed E-state index contributed by atoms with van der Waals surface area (Å²) < 4.78 is 0. The van der Waals surface area contributed by atoms with Crippen molar-refractivity contribution < 1.29 is 19.5 Å². The zero-order valence-corrected chi connectivity index (χ0v) is 18.7. The first-order valence-electron chi connectivity index (χ1n) is 11.7. The molecule has 6 nitrogen and oxygen atoms in total. The molecule has 3 N–H and O–H groups in total. The van der Waals surface area contributed by atoms with Gasteiger partial charge in [0.1, 0.15) is 5.75 Å². The van der Waals surface area contributed by atoms with Crippen LogP contribution < -0.4 is 10.6 Å². The number of Topliss-reactive ketones (excluding diaryl/α,β-unsaturated/α-hetero) is 1. The molecule has 2 aliphatic carbocycles. The van der Waals surface area contributed by atoms with Gasteiger partial charge in [0.25, 0.3) is 5.91 Å². The molecular formula is C28H26N2O4. The van der Waals surface area contributed by atoms with Crippen LogP contribution in [0.25, 0.3) is 11.1 Å². The van der Waals surface area contributed by atoms with Crippen LogP contribution in [-0.4, -0.2) is 22.8 Å². The van der Waals surface area contributed by atoms with Crippen LogP contribution in [0.2, 0.25) is 0 Å². The molecule has 0 aliphatic heterocycles. The van der Waals surface area contributed by atoms with E-state index in [2.05, 4.69) is 10.6 Å². The maximum atomic E-state index is 13.1. The third kappa shape index (κ3) is 3.96. The second kappa shape index (κ2) is 9.14. The summed E-state index contributed by atoms with van der Waals surface area (Å²) in [4.78, 5) is 39.1. The van der Waals surface area contributed by atoms with Crippen molar-refractivity contribution in [1.29, 1.82) is 0 Å². The van der Waals surface area contributed by atoms with Crippen LogP contribution in [0.15, 0.2) is 66.7 Å². The number of fused-ring (bicyclic) bond motifs is 3. The normalized spacial score (nSPS) is 15.3. The molecule has 0 unspecified atom stereocenters. The largest absolute Gasteiger partial charge is 0.507 e. The fourth-order valence-corrected chi connectivity index (χ4v) is 5.21. The molecule has 0 spiro atoms. The van der Waals surface area contributed by atoms with Crippen molar-refractivity contribution in [3.8, 4) is 16.9 Å². The first-order valence-corrected chi connectivity index (χ1v) is 11.7. The van der Waals surface area contributed by atoms with Gasteiger partial charge in [0.15, 0.2) is 5.78 Å². The Labute approximate surface area is 198 Å². The van der Waals surface area contributed by atoms with Crippen LogP contribution in [0, 0.1) is 5.92 Å². The fraction of sp³-hybridized carbons (Fsp3) is 0.250. The van der Waals surface area contributed by atoms with Crippen molar-refractivity contribution in [3.63, 3.8) is 0 Å². The number of aromatic hydroxyl groups is 1. The minimum absolute atomic E-state index is 0.152. The molecule has 34 heavy (non-hydrogen) atoms. The number of hydrogen-bond acceptors (Lipinski definition) is 4. The van der Waals surface area contributed by atoms with Crippen LogP contribution in [0.4, 0.5) is 4.79 Å². The van der Waals surface area contributed by atoms with E-state index in [0.29, 0.717) is 0 Å². The SMILES string of the molecule is O=C(NC(=O)c1c(O)cccc1C(=O)C1CCCCC1)NC1c2ccccc2-c2ccccc21. The Morgan fingerprint density at radius 3 is 2.03 bits per heavy atom. The topological polar surface area (TPSA) is 95.5 Å². The molecule has 0 bridgehead atoms. The molecule has 0 atom stereocenters. The van der Waals surface area contributed by atoms with Gasteiger partial charge in [0.2, 0.25) is 0 Å². The standard InChI is InChI=1S/C28H26N2O4/c31-23-16-8-15-22(26(32)17-9-2-1-3-10-17)24(23)27(33)30-28(34)29-25-20-13-6-4-11-18(20)19-12-5-7-14-21(19)25/h4-8,11-17,25,31H,1-3,9-10H2,(H2,29,30,33,34). The van der Waals surface area contributed by atoms with Gasteiger partial charge >= 0.3 is 6.03 Å². The lowest BCUT2D eigenvalue weighted by molar-refractivity contribution is 0.0874. The smallest absolute Gasteiger partial charge is 0.322 e. The minimum atomic E-state index is -0.797. The lowest BCUT2D eigenvalue weighted by Gasteiger charge is -2.21. The fourth-order valence-electron chi connectivity index (χ4n) is 5.21. The van der Waals surface area contributed by atoms with Crippen LogP contribution in [0.1, 0.15) is 70.0 Å². The van der Waals surface area contributed by atoms with Crippen LogP contribution in [0.3, 0.4) is 0 Å². The van der Waals surface area contributed by atoms with Crippen LogP contribution >= 0.6 is 0 Å². The average Bonchev–Trinajstić information content (AvgIpc) is 3.17. The predicted octanol–water partition coefficient (Wildman–Crippen LogP) is 5.36. The third-order valence-corrected chi connectivity index (χ3v) is 6.85. The molecule has 0 heterocycles. The van der Waals surface area contributed by atoms with Gasteiger partial charge < -0.3 is 10.4 Å². The van der Waals surface area contributed by atoms with Gasteiger partial charge in [-0.15, -0.1) is 0 Å². The quantitative estimate of drug-likeness (QED) is 0.462. The molecule has 0 radical (unpaired) electrons. The Hall–Kier alpha value is -3.93. The highest BCUT2D eigenvalue weighted by molar-refractivity contribution is 6.14. The number of phenols is 1. The molecule has 0 saturated heterocycles. The van der Waals surface area contributed by atoms with E-state index in [1.165, 1.54) is 6.07 Å². The Balaban J connectivity index is 1.37. The van der Waals surface area contributed by atoms with Crippen molar-refractivity contribution in [1.82, 2.24) is 10.6 Å². The van der Waals surface area contributed by atoms with E-state index in [-0.39, 0.29) is 28.6 Å². The van der Waals surface area contributed by atoms with Gasteiger partial charge in [-0.1, -0.05) is 79.9 Å². The zero-order valence-electron chi connectivity index (χ0n) is 18.7. The first-order chi connectivity index (χ1) is 16.5. The number of amides is 3. The first kappa shape index (κ1) is 21.9. The molecule has 172 valence electrons. The highest BCUT2D eigenvalue weighted by atomic mass is 16.3. The monoisotopic (exact) mass is 454 g/mol. The Morgan fingerprint density at radius 1 is 0.765 bits per heavy atom. The number of hydrogen-bond donors (Lipinski definition) is 3. The van der Waals surface area contributed by atoms with Gasteiger partial charge in [-0.2, -0.15) is 0 Å². The van der Waals surface area contributed by atoms with Gasteiger partial charge in [-0.3, -0.25) is 14.9 Å². The van der Waals surface area contributed by atoms with Crippen molar-refractivity contribution in [2.24, 2.45) is 5.92 Å². The highest BCUT2D eigenvalue weighted by Crippen LogP contribution is 2.43. The molecule has 0 aromatic heterocycles. The Morgan fingerprint density at radius 2 is 1.38 bits per heavy atom. The van der Waals surface area contributed by atoms with E-state index in [1.54, 1.807) is 12.1 Å². The summed E-state index contributed by atoms with van der Waals surface area (Å²) in [5, 5.41) is 15.6. The Bertz CT molecular complexity index is 1230. The zero-order chi connectivity index (χ0) is 23.7. The number of carbonyl (C=O) groups excluding carboxylic acids is 3. The second-order valence-electron chi connectivity index (χ2n) is 8.93.